The first-order chi connectivity index (χ1) is 15.1. The highest BCUT2D eigenvalue weighted by molar-refractivity contribution is 5.64. The van der Waals surface area contributed by atoms with Gasteiger partial charge in [0.2, 0.25) is 0 Å². The molecule has 0 heteroatoms. The second-order valence-corrected chi connectivity index (χ2v) is 11.0. The fourth-order valence-corrected chi connectivity index (χ4v) is 6.64. The average molecular weight is 417 g/mol. The summed E-state index contributed by atoms with van der Waals surface area (Å²) in [5.74, 6) is 4.78. The van der Waals surface area contributed by atoms with Gasteiger partial charge < -0.3 is 0 Å². The highest BCUT2D eigenvalue weighted by Gasteiger charge is 2.31. The first kappa shape index (κ1) is 22.6. The molecule has 2 aromatic rings. The van der Waals surface area contributed by atoms with E-state index < -0.39 is 0 Å². The molecule has 2 fully saturated rings. The highest BCUT2D eigenvalue weighted by Crippen LogP contribution is 2.44. The van der Waals surface area contributed by atoms with Gasteiger partial charge >= 0.3 is 0 Å². The molecule has 168 valence electrons. The van der Waals surface area contributed by atoms with Crippen molar-refractivity contribution in [2.24, 2.45) is 23.7 Å². The molecule has 0 unspecified atom stereocenters. The Morgan fingerprint density at radius 2 is 1.16 bits per heavy atom. The van der Waals surface area contributed by atoms with E-state index in [1.165, 1.54) is 92.9 Å². The summed E-state index contributed by atoms with van der Waals surface area (Å²) in [5.41, 5.74) is 5.51. The summed E-state index contributed by atoms with van der Waals surface area (Å²) >= 11 is 0. The van der Waals surface area contributed by atoms with Crippen molar-refractivity contribution in [2.45, 2.75) is 97.3 Å². The normalized spacial score (nSPS) is 27.7. The van der Waals surface area contributed by atoms with Gasteiger partial charge in [-0.25, -0.2) is 0 Å². The zero-order chi connectivity index (χ0) is 21.6. The van der Waals surface area contributed by atoms with Crippen molar-refractivity contribution in [3.63, 3.8) is 0 Å². The van der Waals surface area contributed by atoms with Crippen LogP contribution in [-0.2, 0) is 0 Å². The van der Waals surface area contributed by atoms with Gasteiger partial charge in [0.25, 0.3) is 0 Å². The highest BCUT2D eigenvalue weighted by atomic mass is 14.4. The van der Waals surface area contributed by atoms with Crippen molar-refractivity contribution in [1.82, 2.24) is 0 Å². The third kappa shape index (κ3) is 6.03. The minimum Gasteiger partial charge on any atom is -0.0654 e. The Bertz CT molecular complexity index is 768. The molecule has 0 aromatic heterocycles. The lowest BCUT2D eigenvalue weighted by molar-refractivity contribution is 0.139. The van der Waals surface area contributed by atoms with Gasteiger partial charge in [-0.3, -0.25) is 0 Å². The van der Waals surface area contributed by atoms with Crippen molar-refractivity contribution in [2.75, 3.05) is 0 Å². The summed E-state index contributed by atoms with van der Waals surface area (Å²) in [6.45, 7) is 6.95. The van der Waals surface area contributed by atoms with E-state index in [4.69, 9.17) is 0 Å². The van der Waals surface area contributed by atoms with Crippen molar-refractivity contribution >= 4 is 0 Å². The molecule has 2 saturated carbocycles. The lowest BCUT2D eigenvalue weighted by atomic mass is 9.67. The lowest BCUT2D eigenvalue weighted by Crippen LogP contribution is -2.26. The van der Waals surface area contributed by atoms with Crippen molar-refractivity contribution in [3.8, 4) is 11.1 Å². The molecular formula is C31H44. The largest absolute Gasteiger partial charge is 0.0654 e. The van der Waals surface area contributed by atoms with Crippen molar-refractivity contribution in [1.29, 1.82) is 0 Å². The van der Waals surface area contributed by atoms with E-state index in [0.717, 1.165) is 23.7 Å². The third-order valence-corrected chi connectivity index (χ3v) is 8.70. The van der Waals surface area contributed by atoms with Crippen LogP contribution < -0.4 is 0 Å². The molecule has 0 heterocycles. The zero-order valence-corrected chi connectivity index (χ0v) is 20.3. The van der Waals surface area contributed by atoms with E-state index in [9.17, 15) is 0 Å². The molecule has 0 radical (unpaired) electrons. The van der Waals surface area contributed by atoms with Crippen LogP contribution in [0.5, 0.6) is 0 Å². The predicted octanol–water partition coefficient (Wildman–Crippen LogP) is 9.57. The first-order valence-corrected chi connectivity index (χ1v) is 13.3. The van der Waals surface area contributed by atoms with Crippen molar-refractivity contribution < 1.29 is 0 Å². The Hall–Kier alpha value is -1.56. The first-order valence-electron chi connectivity index (χ1n) is 13.3. The second-order valence-electron chi connectivity index (χ2n) is 11.0. The zero-order valence-electron chi connectivity index (χ0n) is 20.3. The molecule has 0 spiro atoms. The van der Waals surface area contributed by atoms with E-state index >= 15 is 0 Å². The van der Waals surface area contributed by atoms with E-state index in [1.807, 2.05) is 0 Å². The SMILES string of the molecule is CCCC1CCC(C2CCC(C[C@@H](C)c3ccc(-c4ccc(C)cc4)cc3)CC2)CC1. The van der Waals surface area contributed by atoms with Crippen LogP contribution in [0.2, 0.25) is 0 Å². The summed E-state index contributed by atoms with van der Waals surface area (Å²) in [5, 5.41) is 0. The van der Waals surface area contributed by atoms with E-state index in [1.54, 1.807) is 0 Å². The summed E-state index contributed by atoms with van der Waals surface area (Å²) < 4.78 is 0. The molecule has 0 amide bonds. The average Bonchev–Trinajstić information content (AvgIpc) is 2.81. The van der Waals surface area contributed by atoms with Crippen LogP contribution >= 0.6 is 0 Å². The Kier molecular flexibility index (Phi) is 7.91. The maximum absolute atomic E-state index is 2.45. The summed E-state index contributed by atoms with van der Waals surface area (Å²) in [4.78, 5) is 0. The van der Waals surface area contributed by atoms with E-state index in [-0.39, 0.29) is 0 Å². The number of rotatable bonds is 7. The van der Waals surface area contributed by atoms with Crippen LogP contribution in [0.25, 0.3) is 11.1 Å². The van der Waals surface area contributed by atoms with Gasteiger partial charge in [0.05, 0.1) is 0 Å². The maximum atomic E-state index is 2.45. The third-order valence-electron chi connectivity index (χ3n) is 8.70. The van der Waals surface area contributed by atoms with Crippen LogP contribution in [-0.4, -0.2) is 0 Å². The molecule has 2 aromatic carbocycles. The number of aryl methyl sites for hydroxylation is 1. The van der Waals surface area contributed by atoms with Gasteiger partial charge in [-0.1, -0.05) is 106 Å². The number of hydrogen-bond acceptors (Lipinski definition) is 0. The minimum atomic E-state index is 0.679. The van der Waals surface area contributed by atoms with Gasteiger partial charge in [-0.15, -0.1) is 0 Å². The second kappa shape index (κ2) is 10.8. The molecule has 2 aliphatic carbocycles. The van der Waals surface area contributed by atoms with Crippen molar-refractivity contribution in [3.05, 3.63) is 59.7 Å². The molecule has 2 aliphatic rings. The van der Waals surface area contributed by atoms with E-state index in [0.29, 0.717) is 5.92 Å². The molecule has 1 atom stereocenters. The monoisotopic (exact) mass is 416 g/mol. The Labute approximate surface area is 191 Å². The number of benzene rings is 2. The summed E-state index contributed by atoms with van der Waals surface area (Å²) in [7, 11) is 0. The van der Waals surface area contributed by atoms with Gasteiger partial charge in [0.1, 0.15) is 0 Å². The molecular weight excluding hydrogens is 372 g/mol. The van der Waals surface area contributed by atoms with Crippen LogP contribution in [0.1, 0.15) is 102 Å². The molecule has 0 nitrogen and oxygen atoms in total. The predicted molar refractivity (Wildman–Crippen MR) is 135 cm³/mol. The molecule has 31 heavy (non-hydrogen) atoms. The van der Waals surface area contributed by atoms with Crippen LogP contribution in [0, 0.1) is 30.6 Å². The molecule has 0 bridgehead atoms. The lowest BCUT2D eigenvalue weighted by Gasteiger charge is -2.38. The Balaban J connectivity index is 1.23. The molecule has 0 aliphatic heterocycles. The van der Waals surface area contributed by atoms with Crippen LogP contribution in [0.4, 0.5) is 0 Å². The minimum absolute atomic E-state index is 0.679. The van der Waals surface area contributed by atoms with Gasteiger partial charge in [-0.2, -0.15) is 0 Å². The number of hydrogen-bond donors (Lipinski definition) is 0. The Morgan fingerprint density at radius 3 is 1.68 bits per heavy atom. The topological polar surface area (TPSA) is 0 Å². The van der Waals surface area contributed by atoms with E-state index in [2.05, 4.69) is 69.3 Å². The van der Waals surface area contributed by atoms with Gasteiger partial charge in [0.15, 0.2) is 0 Å². The quantitative estimate of drug-likeness (QED) is 0.421. The maximum Gasteiger partial charge on any atom is -0.0184 e. The Morgan fingerprint density at radius 1 is 0.677 bits per heavy atom. The summed E-state index contributed by atoms with van der Waals surface area (Å²) in [6, 6.07) is 18.3. The smallest absolute Gasteiger partial charge is 0.0184 e. The molecule has 0 saturated heterocycles. The van der Waals surface area contributed by atoms with Crippen LogP contribution in [0.15, 0.2) is 48.5 Å². The molecule has 4 rings (SSSR count). The van der Waals surface area contributed by atoms with Gasteiger partial charge in [-0.05, 0) is 85.3 Å². The van der Waals surface area contributed by atoms with Crippen LogP contribution in [0.3, 0.4) is 0 Å². The standard InChI is InChI=1S/C31H44/c1-4-5-25-8-14-29(15-9-25)30-16-10-26(11-17-30)22-24(3)27-18-20-31(21-19-27)28-12-6-23(2)7-13-28/h6-7,12-13,18-21,24-26,29-30H,4-5,8-11,14-17,22H2,1-3H3/t24-,25?,26?,29?,30?/m1/s1. The molecule has 0 N–H and O–H groups in total. The fourth-order valence-electron chi connectivity index (χ4n) is 6.64. The van der Waals surface area contributed by atoms with Gasteiger partial charge in [0, 0.05) is 0 Å². The summed E-state index contributed by atoms with van der Waals surface area (Å²) in [6.07, 6.45) is 16.3. The fraction of sp³-hybridized carbons (Fsp3) is 0.613.